The third kappa shape index (κ3) is 4.08. The van der Waals surface area contributed by atoms with Crippen molar-refractivity contribution in [3.8, 4) is 0 Å². The van der Waals surface area contributed by atoms with E-state index in [4.69, 9.17) is 10.9 Å². The first-order valence-corrected chi connectivity index (χ1v) is 9.17. The van der Waals surface area contributed by atoms with E-state index in [9.17, 15) is 13.2 Å². The van der Waals surface area contributed by atoms with E-state index in [0.717, 1.165) is 12.0 Å². The molecule has 1 heterocycles. The van der Waals surface area contributed by atoms with Crippen molar-refractivity contribution in [3.63, 3.8) is 0 Å². The number of piperidine rings is 1. The highest BCUT2D eigenvalue weighted by Gasteiger charge is 2.35. The minimum Gasteiger partial charge on any atom is -0.338 e. The first-order valence-electron chi connectivity index (χ1n) is 7.62. The molecule has 1 atom stereocenters. The largest absolute Gasteiger partial charge is 0.338 e. The number of aryl methyl sites for hydroxylation is 1. The van der Waals surface area contributed by atoms with Crippen LogP contribution < -0.4 is 10.9 Å². The highest BCUT2D eigenvalue weighted by molar-refractivity contribution is 7.89. The maximum Gasteiger partial charge on any atom is 0.253 e. The summed E-state index contributed by atoms with van der Waals surface area (Å²) in [5.41, 5.74) is 7.59. The van der Waals surface area contributed by atoms with Crippen LogP contribution in [-0.2, 0) is 10.0 Å². The van der Waals surface area contributed by atoms with Crippen molar-refractivity contribution >= 4 is 28.3 Å². The molecule has 1 unspecified atom stereocenters. The number of carbonyl (C=O) groups is 1. The molecule has 1 amide bonds. The van der Waals surface area contributed by atoms with Crippen molar-refractivity contribution in [2.45, 2.75) is 45.1 Å². The number of primary sulfonamides is 1. The molecule has 6 nitrogen and oxygen atoms in total. The third-order valence-corrected chi connectivity index (χ3v) is 5.81. The van der Waals surface area contributed by atoms with Crippen molar-refractivity contribution in [1.29, 1.82) is 0 Å². The van der Waals surface area contributed by atoms with Crippen LogP contribution >= 0.6 is 12.4 Å². The zero-order valence-corrected chi connectivity index (χ0v) is 16.1. The van der Waals surface area contributed by atoms with Gasteiger partial charge in [0, 0.05) is 24.7 Å². The van der Waals surface area contributed by atoms with Crippen LogP contribution in [0.15, 0.2) is 17.0 Å². The average molecular weight is 376 g/mol. The zero-order valence-electron chi connectivity index (χ0n) is 14.5. The topological polar surface area (TPSA) is 106 Å². The van der Waals surface area contributed by atoms with Crippen molar-refractivity contribution < 1.29 is 13.2 Å². The molecule has 8 heteroatoms. The summed E-state index contributed by atoms with van der Waals surface area (Å²) in [4.78, 5) is 14.5. The Labute approximate surface area is 150 Å². The van der Waals surface area contributed by atoms with Gasteiger partial charge in [0.1, 0.15) is 0 Å². The van der Waals surface area contributed by atoms with Gasteiger partial charge < -0.3 is 10.6 Å². The number of rotatable bonds is 2. The number of hydrogen-bond donors (Lipinski definition) is 2. The van der Waals surface area contributed by atoms with Crippen molar-refractivity contribution in [2.24, 2.45) is 16.3 Å². The van der Waals surface area contributed by atoms with Crippen LogP contribution in [0.5, 0.6) is 0 Å². The molecule has 2 rings (SSSR count). The SMILES string of the molecule is Cc1cc(C(=O)N2CCC(N)C(C)(C)C2)cc(S(N)(=O)=O)c1C.Cl. The number of nitrogens with two attached hydrogens (primary N) is 2. The van der Waals surface area contributed by atoms with E-state index < -0.39 is 10.0 Å². The molecule has 1 aromatic carbocycles. The van der Waals surface area contributed by atoms with E-state index in [-0.39, 0.29) is 34.7 Å². The molecular weight excluding hydrogens is 350 g/mol. The Morgan fingerprint density at radius 2 is 1.88 bits per heavy atom. The van der Waals surface area contributed by atoms with Crippen LogP contribution in [0.25, 0.3) is 0 Å². The van der Waals surface area contributed by atoms with E-state index in [0.29, 0.717) is 24.2 Å². The first-order chi connectivity index (χ1) is 10.4. The molecule has 0 saturated carbocycles. The summed E-state index contributed by atoms with van der Waals surface area (Å²) >= 11 is 0. The predicted molar refractivity (Wildman–Crippen MR) is 96.8 cm³/mol. The monoisotopic (exact) mass is 375 g/mol. The number of benzene rings is 1. The zero-order chi connectivity index (χ0) is 17.6. The maximum absolute atomic E-state index is 12.8. The Morgan fingerprint density at radius 1 is 1.29 bits per heavy atom. The van der Waals surface area contributed by atoms with E-state index >= 15 is 0 Å². The summed E-state index contributed by atoms with van der Waals surface area (Å²) in [6, 6.07) is 3.14. The van der Waals surface area contributed by atoms with Gasteiger partial charge in [0.15, 0.2) is 0 Å². The summed E-state index contributed by atoms with van der Waals surface area (Å²) < 4.78 is 23.5. The number of hydrogen-bond acceptors (Lipinski definition) is 4. The molecular formula is C16H26ClN3O3S. The van der Waals surface area contributed by atoms with Gasteiger partial charge in [-0.3, -0.25) is 4.79 Å². The van der Waals surface area contributed by atoms with E-state index in [2.05, 4.69) is 0 Å². The molecule has 1 fully saturated rings. The van der Waals surface area contributed by atoms with Crippen LogP contribution in [0.1, 0.15) is 41.8 Å². The molecule has 0 aromatic heterocycles. The van der Waals surface area contributed by atoms with Crippen molar-refractivity contribution in [2.75, 3.05) is 13.1 Å². The van der Waals surface area contributed by atoms with Crippen molar-refractivity contribution in [1.82, 2.24) is 4.90 Å². The summed E-state index contributed by atoms with van der Waals surface area (Å²) in [7, 11) is -3.87. The summed E-state index contributed by atoms with van der Waals surface area (Å²) in [6.07, 6.45) is 0.728. The van der Waals surface area contributed by atoms with E-state index in [1.54, 1.807) is 24.8 Å². The summed E-state index contributed by atoms with van der Waals surface area (Å²) in [5, 5.41) is 5.27. The Morgan fingerprint density at radius 3 is 2.38 bits per heavy atom. The molecule has 1 aliphatic heterocycles. The average Bonchev–Trinajstić information content (AvgIpc) is 2.42. The van der Waals surface area contributed by atoms with E-state index in [1.165, 1.54) is 6.07 Å². The number of carbonyl (C=O) groups excluding carboxylic acids is 1. The Bertz CT molecular complexity index is 747. The van der Waals surface area contributed by atoms with Crippen LogP contribution in [0, 0.1) is 19.3 Å². The Kier molecular flexibility index (Phi) is 6.09. The van der Waals surface area contributed by atoms with Crippen LogP contribution in [0.2, 0.25) is 0 Å². The van der Waals surface area contributed by atoms with Gasteiger partial charge in [-0.25, -0.2) is 13.6 Å². The molecule has 4 N–H and O–H groups in total. The quantitative estimate of drug-likeness (QED) is 0.818. The minimum atomic E-state index is -3.87. The molecule has 0 radical (unpaired) electrons. The lowest BCUT2D eigenvalue weighted by Gasteiger charge is -2.42. The van der Waals surface area contributed by atoms with Gasteiger partial charge in [-0.15, -0.1) is 12.4 Å². The van der Waals surface area contributed by atoms with Gasteiger partial charge in [-0.05, 0) is 48.9 Å². The minimum absolute atomic E-state index is 0. The van der Waals surface area contributed by atoms with Crippen LogP contribution in [0.3, 0.4) is 0 Å². The van der Waals surface area contributed by atoms with Gasteiger partial charge in [-0.2, -0.15) is 0 Å². The normalized spacial score (nSPS) is 20.4. The lowest BCUT2D eigenvalue weighted by molar-refractivity contribution is 0.0532. The van der Waals surface area contributed by atoms with Crippen LogP contribution in [0.4, 0.5) is 0 Å². The highest BCUT2D eigenvalue weighted by atomic mass is 35.5. The summed E-state index contributed by atoms with van der Waals surface area (Å²) in [5.74, 6) is -0.182. The van der Waals surface area contributed by atoms with Gasteiger partial charge in [-0.1, -0.05) is 13.8 Å². The molecule has 1 aromatic rings. The van der Waals surface area contributed by atoms with E-state index in [1.807, 2.05) is 13.8 Å². The smallest absolute Gasteiger partial charge is 0.253 e. The van der Waals surface area contributed by atoms with Gasteiger partial charge in [0.05, 0.1) is 4.90 Å². The summed E-state index contributed by atoms with van der Waals surface area (Å²) in [6.45, 7) is 8.65. The second-order valence-corrected chi connectivity index (χ2v) is 8.60. The maximum atomic E-state index is 12.8. The predicted octanol–water partition coefficient (Wildman–Crippen LogP) is 1.57. The highest BCUT2D eigenvalue weighted by Crippen LogP contribution is 2.29. The molecule has 1 saturated heterocycles. The van der Waals surface area contributed by atoms with Gasteiger partial charge in [0.25, 0.3) is 5.91 Å². The van der Waals surface area contributed by atoms with Gasteiger partial charge in [0.2, 0.25) is 10.0 Å². The number of likely N-dealkylation sites (tertiary alicyclic amines) is 1. The second kappa shape index (κ2) is 7.00. The second-order valence-electron chi connectivity index (χ2n) is 7.07. The lowest BCUT2D eigenvalue weighted by Crippen LogP contribution is -2.54. The molecule has 0 bridgehead atoms. The van der Waals surface area contributed by atoms with Gasteiger partial charge >= 0.3 is 0 Å². The number of sulfonamides is 1. The standard InChI is InChI=1S/C16H25N3O3S.ClH/c1-10-7-12(8-13(11(10)2)23(18,21)22)15(20)19-6-5-14(17)16(3,4)9-19;/h7-8,14H,5-6,9,17H2,1-4H3,(H2,18,21,22);1H. The first kappa shape index (κ1) is 20.9. The molecule has 0 spiro atoms. The molecule has 24 heavy (non-hydrogen) atoms. The fourth-order valence-electron chi connectivity index (χ4n) is 2.98. The van der Waals surface area contributed by atoms with Crippen LogP contribution in [-0.4, -0.2) is 38.4 Å². The third-order valence-electron chi connectivity index (χ3n) is 4.77. The number of nitrogens with zero attached hydrogens (tertiary/aromatic N) is 1. The molecule has 1 aliphatic rings. The molecule has 0 aliphatic carbocycles. The molecule has 136 valence electrons. The number of amides is 1. The lowest BCUT2D eigenvalue weighted by atomic mass is 9.79. The Balaban J connectivity index is 0.00000288. The van der Waals surface area contributed by atoms with Crippen molar-refractivity contribution in [3.05, 3.63) is 28.8 Å². The fourth-order valence-corrected chi connectivity index (χ4v) is 3.85. The number of halogens is 1. The Hall–Kier alpha value is -1.15. The fraction of sp³-hybridized carbons (Fsp3) is 0.562.